The summed E-state index contributed by atoms with van der Waals surface area (Å²) in [7, 11) is 0. The van der Waals surface area contributed by atoms with Crippen molar-refractivity contribution in [2.75, 3.05) is 13.2 Å². The van der Waals surface area contributed by atoms with Crippen molar-refractivity contribution < 1.29 is 19.4 Å². The molecule has 0 saturated carbocycles. The molecule has 35 heavy (non-hydrogen) atoms. The van der Waals surface area contributed by atoms with E-state index in [4.69, 9.17) is 4.74 Å². The van der Waals surface area contributed by atoms with Crippen molar-refractivity contribution >= 4 is 23.5 Å². The Labute approximate surface area is 206 Å². The molecule has 4 atom stereocenters. The number of amides is 2. The fourth-order valence-electron chi connectivity index (χ4n) is 6.02. The summed E-state index contributed by atoms with van der Waals surface area (Å²) in [5.41, 5.74) is 5.44. The van der Waals surface area contributed by atoms with Crippen LogP contribution in [0.15, 0.2) is 59.8 Å². The number of hydrogen-bond acceptors (Lipinski definition) is 5. The van der Waals surface area contributed by atoms with E-state index in [1.807, 2.05) is 37.3 Å². The van der Waals surface area contributed by atoms with Crippen LogP contribution in [0.1, 0.15) is 50.8 Å². The highest BCUT2D eigenvalue weighted by atomic mass is 16.5. The van der Waals surface area contributed by atoms with Crippen LogP contribution in [0.3, 0.4) is 0 Å². The molecule has 2 amide bonds. The van der Waals surface area contributed by atoms with Gasteiger partial charge in [-0.05, 0) is 79.7 Å². The van der Waals surface area contributed by atoms with Crippen LogP contribution in [0.25, 0.3) is 11.6 Å². The maximum Gasteiger partial charge on any atom is 0.233 e. The Hall–Kier alpha value is -3.25. The number of carbonyl (C=O) groups excluding carboxylic acids is 2. The summed E-state index contributed by atoms with van der Waals surface area (Å²) in [4.78, 5) is 32.1. The number of phenols is 1. The minimum atomic E-state index is -0.277. The lowest BCUT2D eigenvalue weighted by atomic mass is 9.70. The second kappa shape index (κ2) is 9.78. The van der Waals surface area contributed by atoms with E-state index < -0.39 is 0 Å². The fraction of sp³-hybridized carbons (Fsp3) is 0.414. The number of allylic oxidation sites excluding steroid dienone is 2. The zero-order valence-corrected chi connectivity index (χ0v) is 20.3. The fourth-order valence-corrected chi connectivity index (χ4v) is 6.02. The number of likely N-dealkylation sites (tertiary alicyclic amines) is 1. The second-order valence-electron chi connectivity index (χ2n) is 9.84. The molecule has 0 bridgehead atoms. The molecule has 3 heterocycles. The van der Waals surface area contributed by atoms with E-state index in [1.54, 1.807) is 18.3 Å². The van der Waals surface area contributed by atoms with Gasteiger partial charge in [-0.3, -0.25) is 19.5 Å². The SMILES string of the molecule is CCCN1C(=O)[C@@H]2[C@@H](CC(C)=C3[C@@H](CC/C(=C/c4ccc(O)cc4)c4ccccn4)OC[C@@H]32)C1=O. The maximum atomic E-state index is 13.2. The highest BCUT2D eigenvalue weighted by Crippen LogP contribution is 2.49. The number of nitrogens with zero attached hydrogens (tertiary/aromatic N) is 2. The number of hydrogen-bond donors (Lipinski definition) is 1. The lowest BCUT2D eigenvalue weighted by Crippen LogP contribution is -2.34. The second-order valence-corrected chi connectivity index (χ2v) is 9.84. The van der Waals surface area contributed by atoms with Gasteiger partial charge in [-0.15, -0.1) is 0 Å². The van der Waals surface area contributed by atoms with Gasteiger partial charge in [-0.25, -0.2) is 0 Å². The van der Waals surface area contributed by atoms with Crippen molar-refractivity contribution in [3.05, 3.63) is 71.1 Å². The normalized spacial score (nSPS) is 26.3. The van der Waals surface area contributed by atoms with E-state index in [0.717, 1.165) is 36.1 Å². The quantitative estimate of drug-likeness (QED) is 0.460. The molecule has 182 valence electrons. The summed E-state index contributed by atoms with van der Waals surface area (Å²) in [6.07, 6.45) is 6.81. The number of benzene rings is 1. The number of pyridine rings is 1. The van der Waals surface area contributed by atoms with E-state index in [-0.39, 0.29) is 41.4 Å². The molecular weight excluding hydrogens is 440 g/mol. The first kappa shape index (κ1) is 23.5. The first-order valence-electron chi connectivity index (χ1n) is 12.5. The van der Waals surface area contributed by atoms with Gasteiger partial charge in [0.15, 0.2) is 0 Å². The molecule has 3 aliphatic rings. The van der Waals surface area contributed by atoms with Crippen LogP contribution in [0, 0.1) is 17.8 Å². The molecule has 0 radical (unpaired) electrons. The summed E-state index contributed by atoms with van der Waals surface area (Å²) in [6.45, 7) is 5.10. The van der Waals surface area contributed by atoms with E-state index in [9.17, 15) is 14.7 Å². The van der Waals surface area contributed by atoms with Crippen molar-refractivity contribution in [3.8, 4) is 5.75 Å². The summed E-state index contributed by atoms with van der Waals surface area (Å²) >= 11 is 0. The van der Waals surface area contributed by atoms with Gasteiger partial charge in [0, 0.05) is 18.7 Å². The van der Waals surface area contributed by atoms with Crippen molar-refractivity contribution in [1.82, 2.24) is 9.88 Å². The van der Waals surface area contributed by atoms with Gasteiger partial charge in [0.2, 0.25) is 11.8 Å². The number of ether oxygens (including phenoxy) is 1. The average Bonchev–Trinajstić information content (AvgIpc) is 3.39. The van der Waals surface area contributed by atoms with Crippen LogP contribution in [0.2, 0.25) is 0 Å². The third-order valence-electron chi connectivity index (χ3n) is 7.59. The number of carbonyl (C=O) groups is 2. The van der Waals surface area contributed by atoms with Gasteiger partial charge < -0.3 is 9.84 Å². The van der Waals surface area contributed by atoms with Crippen LogP contribution >= 0.6 is 0 Å². The Morgan fingerprint density at radius 1 is 1.14 bits per heavy atom. The van der Waals surface area contributed by atoms with Crippen molar-refractivity contribution in [1.29, 1.82) is 0 Å². The molecule has 1 N–H and O–H groups in total. The highest BCUT2D eigenvalue weighted by molar-refractivity contribution is 6.05. The molecule has 1 aliphatic carbocycles. The van der Waals surface area contributed by atoms with Gasteiger partial charge in [0.05, 0.1) is 30.2 Å². The minimum Gasteiger partial charge on any atom is -0.508 e. The van der Waals surface area contributed by atoms with Crippen LogP contribution < -0.4 is 0 Å². The number of phenolic OH excluding ortho intramolecular Hbond substituents is 1. The molecule has 0 spiro atoms. The predicted octanol–water partition coefficient (Wildman–Crippen LogP) is 4.85. The summed E-state index contributed by atoms with van der Waals surface area (Å²) in [5.74, 6) is -0.288. The van der Waals surface area contributed by atoms with Gasteiger partial charge >= 0.3 is 0 Å². The predicted molar refractivity (Wildman–Crippen MR) is 134 cm³/mol. The van der Waals surface area contributed by atoms with Crippen molar-refractivity contribution in [2.24, 2.45) is 17.8 Å². The smallest absolute Gasteiger partial charge is 0.233 e. The third kappa shape index (κ3) is 4.43. The van der Waals surface area contributed by atoms with E-state index in [0.29, 0.717) is 19.6 Å². The molecule has 2 saturated heterocycles. The summed E-state index contributed by atoms with van der Waals surface area (Å²) < 4.78 is 6.29. The van der Waals surface area contributed by atoms with Crippen LogP contribution in [-0.2, 0) is 14.3 Å². The van der Waals surface area contributed by atoms with Crippen LogP contribution in [0.5, 0.6) is 5.75 Å². The minimum absolute atomic E-state index is 0.00188. The van der Waals surface area contributed by atoms with Crippen molar-refractivity contribution in [3.63, 3.8) is 0 Å². The molecule has 0 unspecified atom stereocenters. The molecule has 2 fully saturated rings. The van der Waals surface area contributed by atoms with E-state index >= 15 is 0 Å². The molecule has 1 aromatic heterocycles. The Bertz CT molecular complexity index is 1170. The standard InChI is InChI=1S/C29H32N2O4/c1-3-14-31-28(33)22-15-18(2)26-23(27(22)29(31)34)17-35-25(26)12-9-20(24-6-4-5-13-30-24)16-19-7-10-21(32)11-8-19/h4-8,10-11,13,16,22-23,25,27,32H,3,9,12,14-15,17H2,1-2H3/b20-16-/t22-,23+,25-,27-/m1/s1. The van der Waals surface area contributed by atoms with Crippen LogP contribution in [-0.4, -0.2) is 46.1 Å². The van der Waals surface area contributed by atoms with Crippen LogP contribution in [0.4, 0.5) is 0 Å². The topological polar surface area (TPSA) is 79.7 Å². The molecular formula is C29H32N2O4. The first-order valence-corrected chi connectivity index (χ1v) is 12.5. The zero-order valence-electron chi connectivity index (χ0n) is 20.3. The third-order valence-corrected chi connectivity index (χ3v) is 7.59. The van der Waals surface area contributed by atoms with Crippen molar-refractivity contribution in [2.45, 2.75) is 45.6 Å². The molecule has 1 aromatic carbocycles. The van der Waals surface area contributed by atoms with Gasteiger partial charge in [0.1, 0.15) is 5.75 Å². The number of aromatic nitrogens is 1. The molecule has 2 aliphatic heterocycles. The molecule has 5 rings (SSSR count). The number of imide groups is 1. The highest BCUT2D eigenvalue weighted by Gasteiger charge is 2.56. The Morgan fingerprint density at radius 3 is 2.66 bits per heavy atom. The number of fused-ring (bicyclic) bond motifs is 3. The monoisotopic (exact) mass is 472 g/mol. The molecule has 6 nitrogen and oxygen atoms in total. The van der Waals surface area contributed by atoms with Gasteiger partial charge in [-0.2, -0.15) is 0 Å². The summed E-state index contributed by atoms with van der Waals surface area (Å²) in [5, 5.41) is 9.63. The maximum absolute atomic E-state index is 13.2. The Balaban J connectivity index is 1.37. The lowest BCUT2D eigenvalue weighted by molar-refractivity contribution is -0.140. The summed E-state index contributed by atoms with van der Waals surface area (Å²) in [6, 6.07) is 13.0. The average molecular weight is 473 g/mol. The van der Waals surface area contributed by atoms with Gasteiger partial charge in [0.25, 0.3) is 0 Å². The Kier molecular flexibility index (Phi) is 6.56. The largest absolute Gasteiger partial charge is 0.508 e. The first-order chi connectivity index (χ1) is 17.0. The van der Waals surface area contributed by atoms with Gasteiger partial charge in [-0.1, -0.05) is 30.7 Å². The Morgan fingerprint density at radius 2 is 1.94 bits per heavy atom. The zero-order chi connectivity index (χ0) is 24.5. The van der Waals surface area contributed by atoms with E-state index in [1.165, 1.54) is 16.0 Å². The lowest BCUT2D eigenvalue weighted by Gasteiger charge is -2.30. The molecule has 2 aromatic rings. The molecule has 6 heteroatoms. The van der Waals surface area contributed by atoms with E-state index in [2.05, 4.69) is 18.0 Å². The number of aromatic hydroxyl groups is 1. The number of rotatable bonds is 7.